The molecule has 0 saturated carbocycles. The summed E-state index contributed by atoms with van der Waals surface area (Å²) in [6.45, 7) is 0. The zero-order valence-electron chi connectivity index (χ0n) is 16.0. The van der Waals surface area contributed by atoms with Crippen LogP contribution in [0.25, 0.3) is 0 Å². The van der Waals surface area contributed by atoms with Gasteiger partial charge in [0, 0.05) is 22.4 Å². The minimum absolute atomic E-state index is 0.170. The molecule has 0 fully saturated rings. The number of non-ortho nitro benzene ring substituents is 1. The second-order valence-corrected chi connectivity index (χ2v) is 8.85. The standard InChI is InChI=1S/C21H34BrNO2S/c22-18-12-10-8-6-4-2-1-3-5-7-9-11-13-19-26-21-16-14-20(15-17-21)23(24)25/h14-17H,1-13,18-19H2. The Kier molecular flexibility index (Phi) is 15.0. The monoisotopic (exact) mass is 443 g/mol. The van der Waals surface area contributed by atoms with E-state index in [0.29, 0.717) is 0 Å². The molecule has 0 aliphatic carbocycles. The van der Waals surface area contributed by atoms with Gasteiger partial charge in [0.2, 0.25) is 0 Å². The number of rotatable bonds is 17. The fourth-order valence-electron chi connectivity index (χ4n) is 3.00. The van der Waals surface area contributed by atoms with Gasteiger partial charge in [-0.2, -0.15) is 0 Å². The molecule has 0 bridgehead atoms. The van der Waals surface area contributed by atoms with Crippen LogP contribution in [0.5, 0.6) is 0 Å². The fourth-order valence-corrected chi connectivity index (χ4v) is 4.30. The first-order valence-corrected chi connectivity index (χ1v) is 12.3. The second kappa shape index (κ2) is 16.6. The Morgan fingerprint density at radius 2 is 1.15 bits per heavy atom. The number of benzene rings is 1. The minimum Gasteiger partial charge on any atom is -0.258 e. The van der Waals surface area contributed by atoms with E-state index in [9.17, 15) is 10.1 Å². The van der Waals surface area contributed by atoms with Crippen molar-refractivity contribution in [1.82, 2.24) is 0 Å². The normalized spacial score (nSPS) is 11.0. The first-order valence-electron chi connectivity index (χ1n) is 10.2. The van der Waals surface area contributed by atoms with Gasteiger partial charge >= 0.3 is 0 Å². The van der Waals surface area contributed by atoms with Gasteiger partial charge in [-0.1, -0.05) is 86.6 Å². The van der Waals surface area contributed by atoms with Crippen LogP contribution in [-0.2, 0) is 0 Å². The number of hydrogen-bond donors (Lipinski definition) is 0. The Hall–Kier alpha value is -0.550. The molecule has 0 saturated heterocycles. The van der Waals surface area contributed by atoms with Gasteiger partial charge in [-0.3, -0.25) is 10.1 Å². The van der Waals surface area contributed by atoms with Crippen molar-refractivity contribution < 1.29 is 4.92 Å². The Bertz CT molecular complexity index is 468. The molecule has 3 nitrogen and oxygen atoms in total. The van der Waals surface area contributed by atoms with Crippen molar-refractivity contribution in [2.75, 3.05) is 11.1 Å². The quantitative estimate of drug-likeness (QED) is 0.0800. The van der Waals surface area contributed by atoms with Crippen LogP contribution in [0.1, 0.15) is 83.5 Å². The highest BCUT2D eigenvalue weighted by molar-refractivity contribution is 9.09. The van der Waals surface area contributed by atoms with Crippen molar-refractivity contribution >= 4 is 33.4 Å². The van der Waals surface area contributed by atoms with Gasteiger partial charge in [0.25, 0.3) is 5.69 Å². The second-order valence-electron chi connectivity index (χ2n) is 6.88. The molecule has 0 radical (unpaired) electrons. The molecule has 0 atom stereocenters. The summed E-state index contributed by atoms with van der Waals surface area (Å²) in [5.74, 6) is 1.10. The zero-order chi connectivity index (χ0) is 18.9. The van der Waals surface area contributed by atoms with Gasteiger partial charge in [0.1, 0.15) is 0 Å². The van der Waals surface area contributed by atoms with Crippen LogP contribution >= 0.6 is 27.7 Å². The number of nitro benzene ring substituents is 1. The average molecular weight is 444 g/mol. The number of alkyl halides is 1. The Balaban J connectivity index is 1.83. The lowest BCUT2D eigenvalue weighted by Crippen LogP contribution is -1.87. The molecule has 1 rings (SSSR count). The molecule has 0 aliphatic heterocycles. The lowest BCUT2D eigenvalue weighted by atomic mass is 10.1. The van der Waals surface area contributed by atoms with Crippen molar-refractivity contribution in [3.8, 4) is 0 Å². The largest absolute Gasteiger partial charge is 0.269 e. The molecule has 0 N–H and O–H groups in total. The molecule has 5 heteroatoms. The average Bonchev–Trinajstić information content (AvgIpc) is 2.65. The van der Waals surface area contributed by atoms with Crippen LogP contribution in [0.4, 0.5) is 5.69 Å². The lowest BCUT2D eigenvalue weighted by molar-refractivity contribution is -0.384. The molecule has 1 aromatic rings. The molecule has 0 aliphatic rings. The summed E-state index contributed by atoms with van der Waals surface area (Å²) in [7, 11) is 0. The molecule has 0 spiro atoms. The number of hydrogen-bond acceptors (Lipinski definition) is 3. The van der Waals surface area contributed by atoms with Gasteiger partial charge < -0.3 is 0 Å². The van der Waals surface area contributed by atoms with Gasteiger partial charge in [-0.15, -0.1) is 11.8 Å². The fraction of sp³-hybridized carbons (Fsp3) is 0.714. The van der Waals surface area contributed by atoms with E-state index in [-0.39, 0.29) is 10.6 Å². The Morgan fingerprint density at radius 3 is 1.58 bits per heavy atom. The number of unbranched alkanes of at least 4 members (excludes halogenated alkanes) is 12. The summed E-state index contributed by atoms with van der Waals surface area (Å²) in [6.07, 6.45) is 17.8. The first-order chi connectivity index (χ1) is 12.7. The molecule has 148 valence electrons. The van der Waals surface area contributed by atoms with E-state index in [1.807, 2.05) is 12.1 Å². The number of thioether (sulfide) groups is 1. The number of nitrogens with zero attached hydrogens (tertiary/aromatic N) is 1. The van der Waals surface area contributed by atoms with Crippen molar-refractivity contribution in [1.29, 1.82) is 0 Å². The van der Waals surface area contributed by atoms with Gasteiger partial charge in [0.15, 0.2) is 0 Å². The first kappa shape index (κ1) is 23.5. The molecule has 1 aromatic carbocycles. The maximum absolute atomic E-state index is 10.6. The van der Waals surface area contributed by atoms with Gasteiger partial charge in [-0.05, 0) is 30.7 Å². The van der Waals surface area contributed by atoms with Crippen molar-refractivity contribution in [3.05, 3.63) is 34.4 Å². The van der Waals surface area contributed by atoms with Crippen molar-refractivity contribution in [2.45, 2.75) is 88.4 Å². The summed E-state index contributed by atoms with van der Waals surface area (Å²) in [4.78, 5) is 11.4. The summed E-state index contributed by atoms with van der Waals surface area (Å²) >= 11 is 5.28. The summed E-state index contributed by atoms with van der Waals surface area (Å²) in [6, 6.07) is 6.88. The van der Waals surface area contributed by atoms with E-state index < -0.39 is 0 Å². The van der Waals surface area contributed by atoms with Crippen molar-refractivity contribution in [3.63, 3.8) is 0 Å². The number of halogens is 1. The number of nitro groups is 1. The third-order valence-corrected chi connectivity index (χ3v) is 6.25. The van der Waals surface area contributed by atoms with E-state index in [0.717, 1.165) is 16.0 Å². The smallest absolute Gasteiger partial charge is 0.258 e. The molecule has 0 unspecified atom stereocenters. The van der Waals surface area contributed by atoms with Crippen LogP contribution < -0.4 is 0 Å². The molecular formula is C21H34BrNO2S. The maximum atomic E-state index is 10.6. The van der Waals surface area contributed by atoms with E-state index in [2.05, 4.69) is 15.9 Å². The summed E-state index contributed by atoms with van der Waals surface area (Å²) in [5.41, 5.74) is 0.170. The van der Waals surface area contributed by atoms with Crippen LogP contribution in [0.15, 0.2) is 29.2 Å². The predicted octanol–water partition coefficient (Wildman–Crippen LogP) is 8.15. The van der Waals surface area contributed by atoms with Crippen LogP contribution in [0.2, 0.25) is 0 Å². The summed E-state index contributed by atoms with van der Waals surface area (Å²) in [5, 5.41) is 11.8. The zero-order valence-corrected chi connectivity index (χ0v) is 18.4. The lowest BCUT2D eigenvalue weighted by Gasteiger charge is -2.04. The van der Waals surface area contributed by atoms with Crippen molar-refractivity contribution in [2.24, 2.45) is 0 Å². The van der Waals surface area contributed by atoms with Gasteiger partial charge in [0.05, 0.1) is 4.92 Å². The maximum Gasteiger partial charge on any atom is 0.269 e. The van der Waals surface area contributed by atoms with Crippen LogP contribution in [-0.4, -0.2) is 16.0 Å². The highest BCUT2D eigenvalue weighted by Gasteiger charge is 2.03. The highest BCUT2D eigenvalue weighted by Crippen LogP contribution is 2.23. The van der Waals surface area contributed by atoms with Crippen LogP contribution in [0, 0.1) is 10.1 Å². The molecule has 0 aromatic heterocycles. The third-order valence-electron chi connectivity index (χ3n) is 4.59. The van der Waals surface area contributed by atoms with E-state index in [1.165, 1.54) is 83.5 Å². The molecule has 26 heavy (non-hydrogen) atoms. The Labute approximate surface area is 172 Å². The topological polar surface area (TPSA) is 43.1 Å². The predicted molar refractivity (Wildman–Crippen MR) is 118 cm³/mol. The highest BCUT2D eigenvalue weighted by atomic mass is 79.9. The van der Waals surface area contributed by atoms with E-state index >= 15 is 0 Å². The van der Waals surface area contributed by atoms with E-state index in [1.54, 1.807) is 23.9 Å². The molecular weight excluding hydrogens is 410 g/mol. The molecule has 0 heterocycles. The third kappa shape index (κ3) is 12.7. The molecule has 0 amide bonds. The minimum atomic E-state index is -0.347. The SMILES string of the molecule is O=[N+]([O-])c1ccc(SCCCCCCCCCCCCCCCBr)cc1. The van der Waals surface area contributed by atoms with Gasteiger partial charge in [-0.25, -0.2) is 0 Å². The Morgan fingerprint density at radius 1 is 0.731 bits per heavy atom. The van der Waals surface area contributed by atoms with E-state index in [4.69, 9.17) is 0 Å². The van der Waals surface area contributed by atoms with Crippen LogP contribution in [0.3, 0.4) is 0 Å². The summed E-state index contributed by atoms with van der Waals surface area (Å²) < 4.78 is 0.